The van der Waals surface area contributed by atoms with Crippen LogP contribution in [0.2, 0.25) is 0 Å². The highest BCUT2D eigenvalue weighted by Gasteiger charge is 2.12. The number of aryl methyl sites for hydroxylation is 2. The number of hydrogen-bond donors (Lipinski definition) is 0. The molecule has 2 aromatic carbocycles. The molecule has 8 heteroatoms. The summed E-state index contributed by atoms with van der Waals surface area (Å²) in [6.07, 6.45) is 0. The number of nitriles is 1. The Hall–Kier alpha value is -1.88. The Bertz CT molecular complexity index is 962. The van der Waals surface area contributed by atoms with E-state index >= 15 is 0 Å². The first-order valence-corrected chi connectivity index (χ1v) is 10.7. The molecule has 0 aliphatic carbocycles. The van der Waals surface area contributed by atoms with Crippen LogP contribution in [-0.2, 0) is 18.9 Å². The molecule has 0 fully saturated rings. The van der Waals surface area contributed by atoms with Crippen molar-refractivity contribution in [1.82, 2.24) is 0 Å². The lowest BCUT2D eigenvalue weighted by atomic mass is 10.2. The van der Waals surface area contributed by atoms with E-state index in [-0.39, 0.29) is 9.79 Å². The van der Waals surface area contributed by atoms with E-state index in [2.05, 4.69) is 0 Å². The average molecular weight is 386 g/mol. The van der Waals surface area contributed by atoms with Crippen LogP contribution in [0.1, 0.15) is 11.1 Å². The van der Waals surface area contributed by atoms with Crippen molar-refractivity contribution in [3.63, 3.8) is 0 Å². The molecule has 0 aliphatic rings. The lowest BCUT2D eigenvalue weighted by molar-refractivity contribution is 0.599. The summed E-state index contributed by atoms with van der Waals surface area (Å²) in [4.78, 5) is 0.369. The quantitative estimate of drug-likeness (QED) is 0.756. The average Bonchev–Trinajstić information content (AvgIpc) is 2.47. The smallest absolute Gasteiger partial charge is 0.223 e. The number of rotatable bonds is 3. The Labute approximate surface area is 146 Å². The van der Waals surface area contributed by atoms with Crippen LogP contribution < -0.4 is 0 Å². The summed E-state index contributed by atoms with van der Waals surface area (Å²) in [5.74, 6) is -0.462. The van der Waals surface area contributed by atoms with Crippen molar-refractivity contribution in [1.29, 1.82) is 5.26 Å². The van der Waals surface area contributed by atoms with Gasteiger partial charge in [0, 0.05) is 10.7 Å². The molecule has 0 spiro atoms. The summed E-state index contributed by atoms with van der Waals surface area (Å²) in [5.41, 5.74) is 1.76. The fourth-order valence-electron chi connectivity index (χ4n) is 1.74. The second-order valence-electron chi connectivity index (χ2n) is 4.99. The first-order chi connectivity index (χ1) is 11.1. The molecule has 0 heterocycles. The van der Waals surface area contributed by atoms with Crippen molar-refractivity contribution in [2.24, 2.45) is 0 Å². The van der Waals surface area contributed by atoms with Crippen LogP contribution in [-0.4, -0.2) is 22.6 Å². The molecule has 0 N–H and O–H groups in total. The molecule has 0 amide bonds. The topological polar surface area (TPSA) is 92.1 Å². The van der Waals surface area contributed by atoms with Gasteiger partial charge in [-0.25, -0.2) is 16.8 Å². The molecule has 0 bridgehead atoms. The van der Waals surface area contributed by atoms with Crippen LogP contribution in [0.15, 0.2) is 58.3 Å². The second-order valence-corrected chi connectivity index (χ2v) is 9.54. The highest BCUT2D eigenvalue weighted by atomic mass is 35.7. The first-order valence-electron chi connectivity index (χ1n) is 6.74. The van der Waals surface area contributed by atoms with Gasteiger partial charge in [0.2, 0.25) is 0 Å². The summed E-state index contributed by atoms with van der Waals surface area (Å²) in [6.45, 7) is 3.62. The van der Waals surface area contributed by atoms with Crippen LogP contribution in [0.25, 0.3) is 0 Å². The van der Waals surface area contributed by atoms with E-state index < -0.39 is 24.6 Å². The van der Waals surface area contributed by atoms with E-state index in [0.717, 1.165) is 11.1 Å². The molecule has 0 aromatic heterocycles. The molecule has 0 atom stereocenters. The predicted octanol–water partition coefficient (Wildman–Crippen LogP) is 3.21. The summed E-state index contributed by atoms with van der Waals surface area (Å²) in [7, 11) is -1.84. The maximum atomic E-state index is 11.4. The van der Waals surface area contributed by atoms with Crippen molar-refractivity contribution in [2.75, 3.05) is 5.75 Å². The van der Waals surface area contributed by atoms with Crippen LogP contribution in [0.5, 0.6) is 0 Å². The summed E-state index contributed by atoms with van der Waals surface area (Å²) in [6, 6.07) is 14.6. The van der Waals surface area contributed by atoms with Crippen molar-refractivity contribution < 1.29 is 16.8 Å². The number of halogens is 1. The first kappa shape index (κ1) is 20.2. The van der Waals surface area contributed by atoms with Gasteiger partial charge in [-0.1, -0.05) is 24.3 Å². The monoisotopic (exact) mass is 385 g/mol. The van der Waals surface area contributed by atoms with Gasteiger partial charge in [0.15, 0.2) is 9.84 Å². The molecule has 128 valence electrons. The number of hydrogen-bond acceptors (Lipinski definition) is 5. The van der Waals surface area contributed by atoms with E-state index in [1.807, 2.05) is 26.0 Å². The van der Waals surface area contributed by atoms with Gasteiger partial charge in [-0.15, -0.1) is 0 Å². The highest BCUT2D eigenvalue weighted by molar-refractivity contribution is 8.13. The van der Waals surface area contributed by atoms with E-state index in [0.29, 0.717) is 0 Å². The molecule has 0 saturated heterocycles. The van der Waals surface area contributed by atoms with Gasteiger partial charge in [-0.3, -0.25) is 0 Å². The van der Waals surface area contributed by atoms with E-state index in [1.165, 1.54) is 18.2 Å². The number of benzene rings is 2. The molecular formula is C16H16ClNO4S2. The fraction of sp³-hybridized carbons (Fsp3) is 0.188. The van der Waals surface area contributed by atoms with Crippen LogP contribution >= 0.6 is 10.7 Å². The lowest BCUT2D eigenvalue weighted by Crippen LogP contribution is -2.04. The van der Waals surface area contributed by atoms with Crippen LogP contribution in [0, 0.1) is 25.2 Å². The Balaban J connectivity index is 0.000000243. The van der Waals surface area contributed by atoms with Crippen molar-refractivity contribution >= 4 is 29.6 Å². The normalized spacial score (nSPS) is 11.1. The Morgan fingerprint density at radius 2 is 1.38 bits per heavy atom. The molecule has 24 heavy (non-hydrogen) atoms. The second kappa shape index (κ2) is 8.29. The van der Waals surface area contributed by atoms with E-state index in [4.69, 9.17) is 15.9 Å². The Morgan fingerprint density at radius 1 is 0.917 bits per heavy atom. The molecule has 2 aromatic rings. The molecular weight excluding hydrogens is 370 g/mol. The van der Waals surface area contributed by atoms with Gasteiger partial charge in [0.25, 0.3) is 9.05 Å². The Kier molecular flexibility index (Phi) is 6.96. The third kappa shape index (κ3) is 6.32. The largest absolute Gasteiger partial charge is 0.261 e. The minimum atomic E-state index is -3.55. The molecule has 5 nitrogen and oxygen atoms in total. The maximum Gasteiger partial charge on any atom is 0.261 e. The minimum absolute atomic E-state index is 0.152. The van der Waals surface area contributed by atoms with E-state index in [1.54, 1.807) is 24.3 Å². The van der Waals surface area contributed by atoms with Crippen molar-refractivity contribution in [3.8, 4) is 6.07 Å². The third-order valence-corrected chi connectivity index (χ3v) is 5.71. The molecule has 2 rings (SSSR count). The summed E-state index contributed by atoms with van der Waals surface area (Å²) < 4.78 is 44.2. The predicted molar refractivity (Wildman–Crippen MR) is 93.1 cm³/mol. The number of nitrogens with zero attached hydrogens (tertiary/aromatic N) is 1. The van der Waals surface area contributed by atoms with Gasteiger partial charge >= 0.3 is 0 Å². The van der Waals surface area contributed by atoms with Crippen molar-refractivity contribution in [3.05, 3.63) is 59.7 Å². The molecule has 0 saturated carbocycles. The highest BCUT2D eigenvalue weighted by Crippen LogP contribution is 2.15. The zero-order chi connectivity index (χ0) is 18.4. The van der Waals surface area contributed by atoms with E-state index in [9.17, 15) is 16.8 Å². The fourth-order valence-corrected chi connectivity index (χ4v) is 3.59. The van der Waals surface area contributed by atoms with Gasteiger partial charge in [-0.05, 0) is 49.2 Å². The molecule has 0 unspecified atom stereocenters. The molecule has 0 aliphatic heterocycles. The van der Waals surface area contributed by atoms with Crippen LogP contribution in [0.3, 0.4) is 0 Å². The van der Waals surface area contributed by atoms with Crippen molar-refractivity contribution in [2.45, 2.75) is 23.6 Å². The summed E-state index contributed by atoms with van der Waals surface area (Å²) in [5, 5.41) is 8.30. The van der Waals surface area contributed by atoms with Gasteiger partial charge in [0.1, 0.15) is 5.75 Å². The van der Waals surface area contributed by atoms with Gasteiger partial charge in [-0.2, -0.15) is 5.26 Å². The third-order valence-electron chi connectivity index (χ3n) is 2.87. The zero-order valence-corrected chi connectivity index (χ0v) is 15.5. The lowest BCUT2D eigenvalue weighted by Gasteiger charge is -1.99. The Morgan fingerprint density at radius 3 is 1.75 bits per heavy atom. The van der Waals surface area contributed by atoms with Gasteiger partial charge in [0.05, 0.1) is 15.9 Å². The SMILES string of the molecule is Cc1cccc(S(=O)(=O)CC#N)c1.Cc1cccc(S(=O)(=O)Cl)c1. The minimum Gasteiger partial charge on any atom is -0.223 e. The number of sulfone groups is 1. The maximum absolute atomic E-state index is 11.4. The van der Waals surface area contributed by atoms with Gasteiger partial charge < -0.3 is 0 Å². The standard InChI is InChI=1S/C9H9NO2S.C7H7ClO2S/c1-8-3-2-4-9(7-8)13(11,12)6-5-10;1-6-3-2-4-7(5-6)11(8,9)10/h2-4,7H,6H2,1H3;2-5H,1H3. The zero-order valence-electron chi connectivity index (χ0n) is 13.1. The summed E-state index contributed by atoms with van der Waals surface area (Å²) >= 11 is 0. The van der Waals surface area contributed by atoms with Crippen LogP contribution in [0.4, 0.5) is 0 Å². The molecule has 0 radical (unpaired) electrons.